The summed E-state index contributed by atoms with van der Waals surface area (Å²) in [5, 5.41) is 8.60. The van der Waals surface area contributed by atoms with Crippen molar-refractivity contribution in [2.24, 2.45) is 0 Å². The maximum absolute atomic E-state index is 12.8. The van der Waals surface area contributed by atoms with Gasteiger partial charge in [0.2, 0.25) is 0 Å². The van der Waals surface area contributed by atoms with Crippen LogP contribution in [0.5, 0.6) is 5.75 Å². The molecule has 0 saturated heterocycles. The van der Waals surface area contributed by atoms with Crippen LogP contribution >= 0.6 is 12.2 Å². The smallest absolute Gasteiger partial charge is 0.261 e. The molecular weight excluding hydrogens is 434 g/mol. The van der Waals surface area contributed by atoms with Crippen LogP contribution in [-0.2, 0) is 0 Å². The lowest BCUT2D eigenvalue weighted by Crippen LogP contribution is -2.34. The molecular formula is C26H27N3O3S. The molecule has 0 atom stereocenters. The predicted molar refractivity (Wildman–Crippen MR) is 136 cm³/mol. The average Bonchev–Trinajstić information content (AvgIpc) is 2.83. The molecule has 0 unspecified atom stereocenters. The zero-order chi connectivity index (χ0) is 23.5. The van der Waals surface area contributed by atoms with Gasteiger partial charge in [0, 0.05) is 16.9 Å². The summed E-state index contributed by atoms with van der Waals surface area (Å²) in [5.41, 5.74) is 2.17. The lowest BCUT2D eigenvalue weighted by atomic mass is 10.1. The second kappa shape index (κ2) is 12.4. The molecule has 33 heavy (non-hydrogen) atoms. The molecule has 0 aliphatic rings. The van der Waals surface area contributed by atoms with E-state index in [-0.39, 0.29) is 16.9 Å². The second-order valence-corrected chi connectivity index (χ2v) is 7.77. The Hall–Kier alpha value is -3.71. The van der Waals surface area contributed by atoms with Crippen LogP contribution in [0.4, 0.5) is 11.4 Å². The molecule has 170 valence electrons. The van der Waals surface area contributed by atoms with Crippen molar-refractivity contribution in [3.05, 3.63) is 90.0 Å². The number of benzene rings is 3. The average molecular weight is 462 g/mol. The van der Waals surface area contributed by atoms with Crippen LogP contribution in [-0.4, -0.2) is 23.5 Å². The van der Waals surface area contributed by atoms with Gasteiger partial charge in [-0.2, -0.15) is 0 Å². The molecule has 6 nitrogen and oxygen atoms in total. The molecule has 3 rings (SSSR count). The van der Waals surface area contributed by atoms with Gasteiger partial charge in [0.15, 0.2) is 5.11 Å². The van der Waals surface area contributed by atoms with E-state index in [0.717, 1.165) is 19.3 Å². The number of hydrogen-bond acceptors (Lipinski definition) is 4. The van der Waals surface area contributed by atoms with Crippen molar-refractivity contribution in [2.45, 2.75) is 26.2 Å². The molecule has 3 N–H and O–H groups in total. The number of anilines is 2. The normalized spacial score (nSPS) is 10.2. The largest absolute Gasteiger partial charge is 0.493 e. The van der Waals surface area contributed by atoms with Gasteiger partial charge in [-0.05, 0) is 61.1 Å². The van der Waals surface area contributed by atoms with Crippen molar-refractivity contribution in [3.8, 4) is 5.75 Å². The van der Waals surface area contributed by atoms with Crippen LogP contribution in [0.2, 0.25) is 0 Å². The van der Waals surface area contributed by atoms with Crippen molar-refractivity contribution < 1.29 is 14.3 Å². The monoisotopic (exact) mass is 461 g/mol. The number of nitrogens with one attached hydrogen (secondary N) is 3. The molecule has 0 aliphatic carbocycles. The predicted octanol–water partition coefficient (Wildman–Crippen LogP) is 5.63. The number of rotatable bonds is 9. The van der Waals surface area contributed by atoms with E-state index in [0.29, 0.717) is 34.9 Å². The fraction of sp³-hybridized carbons (Fsp3) is 0.192. The van der Waals surface area contributed by atoms with Crippen LogP contribution < -0.4 is 20.7 Å². The van der Waals surface area contributed by atoms with Crippen molar-refractivity contribution in [1.29, 1.82) is 0 Å². The van der Waals surface area contributed by atoms with Crippen LogP contribution in [0.1, 0.15) is 46.9 Å². The van der Waals surface area contributed by atoms with E-state index >= 15 is 0 Å². The number of unbranched alkanes of at least 4 members (excludes halogenated alkanes) is 2. The highest BCUT2D eigenvalue weighted by molar-refractivity contribution is 7.80. The molecule has 3 aromatic rings. The number of amides is 2. The van der Waals surface area contributed by atoms with Crippen molar-refractivity contribution in [1.82, 2.24) is 5.32 Å². The highest BCUT2D eigenvalue weighted by Gasteiger charge is 2.14. The van der Waals surface area contributed by atoms with E-state index in [4.69, 9.17) is 17.0 Å². The van der Waals surface area contributed by atoms with Crippen LogP contribution in [0.3, 0.4) is 0 Å². The summed E-state index contributed by atoms with van der Waals surface area (Å²) in [5.74, 6) is -0.0843. The van der Waals surface area contributed by atoms with Crippen LogP contribution in [0, 0.1) is 0 Å². The van der Waals surface area contributed by atoms with Crippen molar-refractivity contribution in [2.75, 3.05) is 17.2 Å². The molecule has 3 aromatic carbocycles. The number of thiocarbonyl (C=S) groups is 1. The molecule has 0 radical (unpaired) electrons. The summed E-state index contributed by atoms with van der Waals surface area (Å²) < 4.78 is 5.78. The molecule has 7 heteroatoms. The third-order valence-corrected chi connectivity index (χ3v) is 4.98. The van der Waals surface area contributed by atoms with E-state index in [1.807, 2.05) is 36.4 Å². The van der Waals surface area contributed by atoms with E-state index < -0.39 is 0 Å². The number of carbonyl (C=O) groups excluding carboxylic acids is 2. The highest BCUT2D eigenvalue weighted by Crippen LogP contribution is 2.19. The van der Waals surface area contributed by atoms with Crippen molar-refractivity contribution >= 4 is 40.5 Å². The zero-order valence-corrected chi connectivity index (χ0v) is 19.3. The standard InChI is InChI=1S/C26H27N3O3S/c1-2-3-9-17-32-23-16-8-7-15-22(23)25(31)29-26(33)28-21-14-10-11-19(18-21)24(30)27-20-12-5-4-6-13-20/h4-8,10-16,18H,2-3,9,17H2,1H3,(H,27,30)(H2,28,29,31,33). The summed E-state index contributed by atoms with van der Waals surface area (Å²) in [6, 6.07) is 23.2. The summed E-state index contributed by atoms with van der Waals surface area (Å²) in [6.07, 6.45) is 3.10. The molecule has 0 saturated carbocycles. The van der Waals surface area contributed by atoms with E-state index in [1.54, 1.807) is 42.5 Å². The quantitative estimate of drug-likeness (QED) is 0.284. The lowest BCUT2D eigenvalue weighted by molar-refractivity contribution is 0.0972. The number of para-hydroxylation sites is 2. The fourth-order valence-corrected chi connectivity index (χ4v) is 3.32. The summed E-state index contributed by atoms with van der Waals surface area (Å²) >= 11 is 5.31. The van der Waals surface area contributed by atoms with E-state index in [2.05, 4.69) is 22.9 Å². The molecule has 0 heterocycles. The first-order valence-electron chi connectivity index (χ1n) is 10.9. The minimum absolute atomic E-state index is 0.126. The Bertz CT molecular complexity index is 1100. The summed E-state index contributed by atoms with van der Waals surface area (Å²) in [6.45, 7) is 2.68. The minimum Gasteiger partial charge on any atom is -0.493 e. The maximum atomic E-state index is 12.8. The Morgan fingerprint density at radius 3 is 2.33 bits per heavy atom. The van der Waals surface area contributed by atoms with Crippen LogP contribution in [0.15, 0.2) is 78.9 Å². The number of carbonyl (C=O) groups is 2. The Kier molecular flexibility index (Phi) is 8.97. The molecule has 0 aromatic heterocycles. The van der Waals surface area contributed by atoms with Crippen molar-refractivity contribution in [3.63, 3.8) is 0 Å². The number of hydrogen-bond donors (Lipinski definition) is 3. The van der Waals surface area contributed by atoms with Gasteiger partial charge in [-0.25, -0.2) is 0 Å². The molecule has 0 bridgehead atoms. The van der Waals surface area contributed by atoms with Crippen LogP contribution in [0.25, 0.3) is 0 Å². The van der Waals surface area contributed by atoms with Gasteiger partial charge < -0.3 is 15.4 Å². The maximum Gasteiger partial charge on any atom is 0.261 e. The lowest BCUT2D eigenvalue weighted by Gasteiger charge is -2.13. The van der Waals surface area contributed by atoms with Gasteiger partial charge in [-0.3, -0.25) is 14.9 Å². The Morgan fingerprint density at radius 1 is 0.818 bits per heavy atom. The van der Waals surface area contributed by atoms with Gasteiger partial charge in [0.1, 0.15) is 5.75 Å². The van der Waals surface area contributed by atoms with Gasteiger partial charge in [0.25, 0.3) is 11.8 Å². The first-order chi connectivity index (χ1) is 16.1. The second-order valence-electron chi connectivity index (χ2n) is 7.36. The van der Waals surface area contributed by atoms with Gasteiger partial charge >= 0.3 is 0 Å². The number of ether oxygens (including phenoxy) is 1. The molecule has 0 aliphatic heterocycles. The summed E-state index contributed by atoms with van der Waals surface area (Å²) in [7, 11) is 0. The molecule has 0 spiro atoms. The third-order valence-electron chi connectivity index (χ3n) is 4.78. The van der Waals surface area contributed by atoms with E-state index in [9.17, 15) is 9.59 Å². The van der Waals surface area contributed by atoms with Gasteiger partial charge in [-0.1, -0.05) is 56.2 Å². The minimum atomic E-state index is -0.364. The third kappa shape index (κ3) is 7.43. The highest BCUT2D eigenvalue weighted by atomic mass is 32.1. The SMILES string of the molecule is CCCCCOc1ccccc1C(=O)NC(=S)Nc1cccc(C(=O)Nc2ccccc2)c1. The first kappa shape index (κ1) is 23.9. The topological polar surface area (TPSA) is 79.5 Å². The Morgan fingerprint density at radius 2 is 1.55 bits per heavy atom. The van der Waals surface area contributed by atoms with Gasteiger partial charge in [-0.15, -0.1) is 0 Å². The Labute approximate surface area is 199 Å². The summed E-state index contributed by atoms with van der Waals surface area (Å²) in [4.78, 5) is 25.3. The fourth-order valence-electron chi connectivity index (χ4n) is 3.11. The zero-order valence-electron chi connectivity index (χ0n) is 18.5. The Balaban J connectivity index is 1.59. The molecule has 2 amide bonds. The van der Waals surface area contributed by atoms with E-state index in [1.165, 1.54) is 0 Å². The van der Waals surface area contributed by atoms with Gasteiger partial charge in [0.05, 0.1) is 12.2 Å². The molecule has 0 fully saturated rings. The first-order valence-corrected chi connectivity index (χ1v) is 11.3.